The lowest BCUT2D eigenvalue weighted by molar-refractivity contribution is 0.0696. The van der Waals surface area contributed by atoms with Gasteiger partial charge in [-0.1, -0.05) is 54.1 Å². The van der Waals surface area contributed by atoms with Gasteiger partial charge < -0.3 is 10.4 Å². The number of fused-ring (bicyclic) bond motifs is 5. The quantitative estimate of drug-likeness (QED) is 0.667. The number of benzene rings is 3. The van der Waals surface area contributed by atoms with Crippen LogP contribution in [-0.2, 0) is 6.42 Å². The summed E-state index contributed by atoms with van der Waals surface area (Å²) in [6, 6.07) is 23.0. The lowest BCUT2D eigenvalue weighted by Crippen LogP contribution is -2.30. The number of carboxylic acid groups (broad SMARTS) is 1. The normalized spacial score (nSPS) is 22.3. The lowest BCUT2D eigenvalue weighted by atomic mass is 9.75. The van der Waals surface area contributed by atoms with Crippen molar-refractivity contribution in [2.45, 2.75) is 25.3 Å². The fourth-order valence-corrected chi connectivity index (χ4v) is 4.89. The number of hydrogen-bond donors (Lipinski definition) is 2. The van der Waals surface area contributed by atoms with Crippen molar-refractivity contribution in [1.29, 1.82) is 0 Å². The molecule has 134 valence electrons. The van der Waals surface area contributed by atoms with Gasteiger partial charge in [-0.3, -0.25) is 0 Å². The van der Waals surface area contributed by atoms with Crippen LogP contribution in [0.4, 0.5) is 5.69 Å². The largest absolute Gasteiger partial charge is 0.478 e. The Bertz CT molecular complexity index is 1060. The van der Waals surface area contributed by atoms with Gasteiger partial charge in [0.25, 0.3) is 0 Å². The van der Waals surface area contributed by atoms with Crippen LogP contribution in [0.5, 0.6) is 0 Å². The highest BCUT2D eigenvalue weighted by Gasteiger charge is 2.43. The van der Waals surface area contributed by atoms with E-state index in [2.05, 4.69) is 60.8 Å². The molecule has 27 heavy (non-hydrogen) atoms. The van der Waals surface area contributed by atoms with Crippen molar-refractivity contribution >= 4 is 11.7 Å². The van der Waals surface area contributed by atoms with Crippen molar-refractivity contribution in [3.8, 4) is 0 Å². The van der Waals surface area contributed by atoms with Crippen molar-refractivity contribution in [2.24, 2.45) is 5.92 Å². The zero-order valence-corrected chi connectivity index (χ0v) is 15.1. The van der Waals surface area contributed by atoms with Gasteiger partial charge in [-0.05, 0) is 59.7 Å². The summed E-state index contributed by atoms with van der Waals surface area (Å²) < 4.78 is 0. The van der Waals surface area contributed by atoms with Crippen LogP contribution in [0.15, 0.2) is 66.7 Å². The van der Waals surface area contributed by atoms with Gasteiger partial charge in [0.05, 0.1) is 11.6 Å². The van der Waals surface area contributed by atoms with Gasteiger partial charge in [-0.15, -0.1) is 0 Å². The average Bonchev–Trinajstić information content (AvgIpc) is 3.06. The number of anilines is 1. The maximum Gasteiger partial charge on any atom is 0.335 e. The van der Waals surface area contributed by atoms with Crippen molar-refractivity contribution in [3.63, 3.8) is 0 Å². The first kappa shape index (κ1) is 16.1. The Morgan fingerprint density at radius 2 is 1.85 bits per heavy atom. The summed E-state index contributed by atoms with van der Waals surface area (Å²) in [4.78, 5) is 11.5. The number of nitrogens with one attached hydrogen (secondary N) is 1. The van der Waals surface area contributed by atoms with E-state index in [1.807, 2.05) is 12.1 Å². The summed E-state index contributed by atoms with van der Waals surface area (Å²) in [7, 11) is 0. The molecule has 2 N–H and O–H groups in total. The van der Waals surface area contributed by atoms with Crippen LogP contribution in [-0.4, -0.2) is 11.1 Å². The molecule has 0 saturated carbocycles. The molecule has 3 aromatic carbocycles. The molecule has 1 aliphatic heterocycles. The molecule has 0 unspecified atom stereocenters. The summed E-state index contributed by atoms with van der Waals surface area (Å²) in [5.74, 6) is -0.274. The molecule has 0 aromatic heterocycles. The van der Waals surface area contributed by atoms with Gasteiger partial charge in [-0.25, -0.2) is 4.79 Å². The minimum absolute atomic E-state index is 0.213. The Balaban J connectivity index is 1.69. The van der Waals surface area contributed by atoms with Crippen LogP contribution in [0.1, 0.15) is 50.1 Å². The summed E-state index contributed by atoms with van der Waals surface area (Å²) >= 11 is 0. The fraction of sp³-hybridized carbons (Fsp3) is 0.208. The highest BCUT2D eigenvalue weighted by atomic mass is 16.4. The molecular weight excluding hydrogens is 334 g/mol. The van der Waals surface area contributed by atoms with Crippen LogP contribution < -0.4 is 5.32 Å². The maximum atomic E-state index is 11.5. The molecule has 1 heterocycles. The molecule has 0 spiro atoms. The van der Waals surface area contributed by atoms with Gasteiger partial charge in [0.1, 0.15) is 0 Å². The van der Waals surface area contributed by atoms with Crippen molar-refractivity contribution < 1.29 is 9.90 Å². The Morgan fingerprint density at radius 1 is 1.00 bits per heavy atom. The first-order valence-corrected chi connectivity index (χ1v) is 9.40. The second-order valence-electron chi connectivity index (χ2n) is 7.69. The predicted molar refractivity (Wildman–Crippen MR) is 106 cm³/mol. The standard InChI is InChI=1S/C24H21NO2/c1-14-5-4-7-16(11-14)23-20-12-15-6-2-3-8-18(15)22(20)19-13-17(24(26)27)9-10-21(19)25-23/h2-11,13,20,22-23,25H,12H2,1H3,(H,26,27)/t20-,22+,23+/m1/s1. The zero-order chi connectivity index (χ0) is 18.5. The average molecular weight is 355 g/mol. The third-order valence-electron chi connectivity index (χ3n) is 6.05. The number of aromatic carboxylic acids is 1. The van der Waals surface area contributed by atoms with Gasteiger partial charge in [-0.2, -0.15) is 0 Å². The number of aryl methyl sites for hydroxylation is 1. The van der Waals surface area contributed by atoms with Crippen molar-refractivity contribution in [3.05, 3.63) is 100 Å². The van der Waals surface area contributed by atoms with E-state index in [1.165, 1.54) is 22.3 Å². The molecule has 1 aliphatic carbocycles. The third kappa shape index (κ3) is 2.54. The van der Waals surface area contributed by atoms with E-state index in [0.717, 1.165) is 17.7 Å². The highest BCUT2D eigenvalue weighted by Crippen LogP contribution is 2.53. The van der Waals surface area contributed by atoms with E-state index >= 15 is 0 Å². The molecular formula is C24H21NO2. The molecule has 3 atom stereocenters. The van der Waals surface area contributed by atoms with E-state index in [1.54, 1.807) is 6.07 Å². The zero-order valence-electron chi connectivity index (χ0n) is 15.1. The van der Waals surface area contributed by atoms with Crippen LogP contribution in [0.3, 0.4) is 0 Å². The first-order valence-electron chi connectivity index (χ1n) is 9.40. The molecule has 3 nitrogen and oxygen atoms in total. The van der Waals surface area contributed by atoms with E-state index in [0.29, 0.717) is 11.5 Å². The molecule has 0 saturated heterocycles. The Hall–Kier alpha value is -3.07. The Kier molecular flexibility index (Phi) is 3.57. The number of carbonyl (C=O) groups is 1. The second kappa shape index (κ2) is 5.98. The van der Waals surface area contributed by atoms with E-state index < -0.39 is 5.97 Å². The van der Waals surface area contributed by atoms with Crippen molar-refractivity contribution in [1.82, 2.24) is 0 Å². The lowest BCUT2D eigenvalue weighted by Gasteiger charge is -2.38. The van der Waals surface area contributed by atoms with Crippen LogP contribution in [0.2, 0.25) is 0 Å². The molecule has 0 radical (unpaired) electrons. The van der Waals surface area contributed by atoms with Crippen LogP contribution >= 0.6 is 0 Å². The molecule has 0 amide bonds. The molecule has 3 heteroatoms. The highest BCUT2D eigenvalue weighted by molar-refractivity contribution is 5.89. The van der Waals surface area contributed by atoms with Crippen molar-refractivity contribution in [2.75, 3.05) is 5.32 Å². The topological polar surface area (TPSA) is 49.3 Å². The second-order valence-corrected chi connectivity index (χ2v) is 7.69. The van der Waals surface area contributed by atoms with E-state index in [-0.39, 0.29) is 12.0 Å². The molecule has 2 aliphatic rings. The summed E-state index contributed by atoms with van der Waals surface area (Å²) in [6.45, 7) is 2.13. The molecule has 5 rings (SSSR count). The fourth-order valence-electron chi connectivity index (χ4n) is 4.89. The number of rotatable bonds is 2. The molecule has 0 bridgehead atoms. The third-order valence-corrected chi connectivity index (χ3v) is 6.05. The van der Waals surface area contributed by atoms with Gasteiger partial charge >= 0.3 is 5.97 Å². The molecule has 0 fully saturated rings. The molecule has 3 aromatic rings. The van der Waals surface area contributed by atoms with E-state index in [9.17, 15) is 9.90 Å². The predicted octanol–water partition coefficient (Wildman–Crippen LogP) is 5.16. The minimum Gasteiger partial charge on any atom is -0.478 e. The minimum atomic E-state index is -0.874. The smallest absolute Gasteiger partial charge is 0.335 e. The van der Waals surface area contributed by atoms with E-state index in [4.69, 9.17) is 0 Å². The SMILES string of the molecule is Cc1cccc([C@@H]2Nc3ccc(C(=O)O)cc3[C@@H]3c4ccccc4C[C@H]32)c1. The number of hydrogen-bond acceptors (Lipinski definition) is 2. The first-order chi connectivity index (χ1) is 13.1. The number of carboxylic acids is 1. The van der Waals surface area contributed by atoms with Gasteiger partial charge in [0.15, 0.2) is 0 Å². The summed E-state index contributed by atoms with van der Waals surface area (Å²) in [5, 5.41) is 13.2. The maximum absolute atomic E-state index is 11.5. The monoisotopic (exact) mass is 355 g/mol. The van der Waals surface area contributed by atoms with Crippen LogP contribution in [0.25, 0.3) is 0 Å². The van der Waals surface area contributed by atoms with Gasteiger partial charge in [0, 0.05) is 11.6 Å². The van der Waals surface area contributed by atoms with Crippen LogP contribution in [0, 0.1) is 12.8 Å². The summed E-state index contributed by atoms with van der Waals surface area (Å²) in [6.07, 6.45) is 1.00. The Morgan fingerprint density at radius 3 is 2.67 bits per heavy atom. The van der Waals surface area contributed by atoms with Gasteiger partial charge in [0.2, 0.25) is 0 Å². The summed E-state index contributed by atoms with van der Waals surface area (Å²) in [5.41, 5.74) is 7.77. The Labute approximate surface area is 158 Å².